The van der Waals surface area contributed by atoms with Crippen molar-refractivity contribution in [2.24, 2.45) is 0 Å². The Bertz CT molecular complexity index is 407. The van der Waals surface area contributed by atoms with E-state index in [9.17, 15) is 0 Å². The molecule has 3 heteroatoms. The van der Waals surface area contributed by atoms with Gasteiger partial charge < -0.3 is 9.32 Å². The first kappa shape index (κ1) is 8.81. The Hall–Kier alpha value is -1.77. The summed E-state index contributed by atoms with van der Waals surface area (Å²) in [6, 6.07) is 8.14. The zero-order chi connectivity index (χ0) is 9.97. The predicted molar refractivity (Wildman–Crippen MR) is 56.3 cm³/mol. The molecule has 0 radical (unpaired) electrons. The van der Waals surface area contributed by atoms with Crippen molar-refractivity contribution in [2.45, 2.75) is 0 Å². The Balaban J connectivity index is 2.41. The molecule has 0 aliphatic carbocycles. The van der Waals surface area contributed by atoms with Crippen LogP contribution in [0.5, 0.6) is 0 Å². The Kier molecular flexibility index (Phi) is 2.23. The summed E-state index contributed by atoms with van der Waals surface area (Å²) >= 11 is 0. The topological polar surface area (TPSA) is 29.3 Å². The number of hydrogen-bond acceptors (Lipinski definition) is 3. The van der Waals surface area contributed by atoms with E-state index in [1.54, 1.807) is 6.20 Å². The van der Waals surface area contributed by atoms with Gasteiger partial charge in [0, 0.05) is 25.3 Å². The molecule has 0 unspecified atom stereocenters. The first-order valence-electron chi connectivity index (χ1n) is 4.43. The molecule has 0 aliphatic heterocycles. The van der Waals surface area contributed by atoms with E-state index in [0.29, 0.717) is 0 Å². The second-order valence-corrected chi connectivity index (χ2v) is 3.31. The number of anilines is 1. The van der Waals surface area contributed by atoms with E-state index in [-0.39, 0.29) is 0 Å². The van der Waals surface area contributed by atoms with Crippen LogP contribution >= 0.6 is 0 Å². The highest BCUT2D eigenvalue weighted by Gasteiger charge is 2.02. The lowest BCUT2D eigenvalue weighted by Crippen LogP contribution is -2.08. The molecule has 0 aliphatic rings. The summed E-state index contributed by atoms with van der Waals surface area (Å²) in [5, 5.41) is 0. The zero-order valence-electron chi connectivity index (χ0n) is 8.27. The summed E-state index contributed by atoms with van der Waals surface area (Å²) in [4.78, 5) is 5.95. The number of rotatable bonds is 2. The van der Waals surface area contributed by atoms with Crippen LogP contribution in [-0.4, -0.2) is 19.1 Å². The van der Waals surface area contributed by atoms with E-state index in [2.05, 4.69) is 22.0 Å². The van der Waals surface area contributed by atoms with Gasteiger partial charge in [0.25, 0.3) is 0 Å². The first-order valence-corrected chi connectivity index (χ1v) is 4.43. The summed E-state index contributed by atoms with van der Waals surface area (Å²) in [7, 11) is 4.03. The maximum atomic E-state index is 5.22. The Morgan fingerprint density at radius 2 is 2.14 bits per heavy atom. The Morgan fingerprint density at radius 1 is 1.29 bits per heavy atom. The fraction of sp³-hybridized carbons (Fsp3) is 0.182. The molecule has 0 fully saturated rings. The number of aromatic nitrogens is 1. The lowest BCUT2D eigenvalue weighted by atomic mass is 10.1. The van der Waals surface area contributed by atoms with Crippen LogP contribution in [-0.2, 0) is 0 Å². The summed E-state index contributed by atoms with van der Waals surface area (Å²) in [6.45, 7) is 0. The van der Waals surface area contributed by atoms with Crippen LogP contribution in [0.4, 0.5) is 5.69 Å². The summed E-state index contributed by atoms with van der Waals surface area (Å²) in [5.74, 6) is 0.800. The van der Waals surface area contributed by atoms with Gasteiger partial charge in [-0.2, -0.15) is 0 Å². The molecule has 1 aromatic heterocycles. The average molecular weight is 188 g/mol. The Morgan fingerprint density at radius 3 is 2.79 bits per heavy atom. The second kappa shape index (κ2) is 3.54. The Labute approximate surface area is 83.0 Å². The number of nitrogens with zero attached hydrogens (tertiary/aromatic N) is 2. The normalized spacial score (nSPS) is 10.1. The molecule has 3 nitrogen and oxygen atoms in total. The average Bonchev–Trinajstić information content (AvgIpc) is 2.71. The van der Waals surface area contributed by atoms with Gasteiger partial charge in [0.1, 0.15) is 0 Å². The van der Waals surface area contributed by atoms with Crippen LogP contribution in [0.2, 0.25) is 0 Å². The quantitative estimate of drug-likeness (QED) is 0.724. The van der Waals surface area contributed by atoms with E-state index >= 15 is 0 Å². The predicted octanol–water partition coefficient (Wildman–Crippen LogP) is 2.41. The molecular weight excluding hydrogens is 176 g/mol. The minimum atomic E-state index is 0.800. The van der Waals surface area contributed by atoms with E-state index in [0.717, 1.165) is 17.0 Å². The van der Waals surface area contributed by atoms with Crippen molar-refractivity contribution >= 4 is 5.69 Å². The second-order valence-electron chi connectivity index (χ2n) is 3.31. The maximum Gasteiger partial charge on any atom is 0.181 e. The van der Waals surface area contributed by atoms with Crippen molar-refractivity contribution in [3.05, 3.63) is 36.9 Å². The smallest absolute Gasteiger partial charge is 0.181 e. The molecular formula is C11H12N2O. The zero-order valence-corrected chi connectivity index (χ0v) is 8.27. The van der Waals surface area contributed by atoms with Crippen LogP contribution in [0, 0.1) is 0 Å². The lowest BCUT2D eigenvalue weighted by molar-refractivity contribution is 0.572. The molecule has 0 N–H and O–H groups in total. The highest BCUT2D eigenvalue weighted by molar-refractivity contribution is 5.63. The third kappa shape index (κ3) is 1.62. The third-order valence-electron chi connectivity index (χ3n) is 2.08. The van der Waals surface area contributed by atoms with Gasteiger partial charge in [0.05, 0.1) is 6.20 Å². The molecule has 1 heterocycles. The van der Waals surface area contributed by atoms with E-state index in [1.807, 2.05) is 26.2 Å². The first-order chi connectivity index (χ1) is 6.77. The van der Waals surface area contributed by atoms with Crippen LogP contribution in [0.3, 0.4) is 0 Å². The van der Waals surface area contributed by atoms with E-state index in [4.69, 9.17) is 4.42 Å². The van der Waals surface area contributed by atoms with Crippen molar-refractivity contribution in [1.82, 2.24) is 4.98 Å². The summed E-state index contributed by atoms with van der Waals surface area (Å²) in [5.41, 5.74) is 2.20. The number of benzene rings is 1. The summed E-state index contributed by atoms with van der Waals surface area (Å²) < 4.78 is 5.22. The van der Waals surface area contributed by atoms with Gasteiger partial charge in [-0.1, -0.05) is 12.1 Å². The van der Waals surface area contributed by atoms with Crippen LogP contribution in [0.25, 0.3) is 11.3 Å². The molecule has 0 saturated carbocycles. The molecule has 14 heavy (non-hydrogen) atoms. The molecule has 2 rings (SSSR count). The van der Waals surface area contributed by atoms with Crippen molar-refractivity contribution in [1.29, 1.82) is 0 Å². The molecule has 0 atom stereocenters. The maximum absolute atomic E-state index is 5.22. The van der Waals surface area contributed by atoms with Crippen molar-refractivity contribution < 1.29 is 4.42 Å². The van der Waals surface area contributed by atoms with Gasteiger partial charge in [-0.25, -0.2) is 4.98 Å². The van der Waals surface area contributed by atoms with Crippen molar-refractivity contribution in [3.8, 4) is 11.3 Å². The minimum Gasteiger partial charge on any atom is -0.444 e. The number of hydrogen-bond donors (Lipinski definition) is 0. The highest BCUT2D eigenvalue weighted by atomic mass is 16.3. The fourth-order valence-electron chi connectivity index (χ4n) is 1.30. The molecule has 2 aromatic rings. The van der Waals surface area contributed by atoms with Gasteiger partial charge in [0.15, 0.2) is 12.2 Å². The molecule has 0 amide bonds. The molecule has 72 valence electrons. The van der Waals surface area contributed by atoms with E-state index in [1.165, 1.54) is 6.39 Å². The van der Waals surface area contributed by atoms with Crippen LogP contribution < -0.4 is 4.90 Å². The van der Waals surface area contributed by atoms with Crippen molar-refractivity contribution in [3.63, 3.8) is 0 Å². The molecule has 0 bridgehead atoms. The van der Waals surface area contributed by atoms with Crippen LogP contribution in [0.15, 0.2) is 41.3 Å². The molecule has 1 aromatic carbocycles. The van der Waals surface area contributed by atoms with Crippen molar-refractivity contribution in [2.75, 3.05) is 19.0 Å². The van der Waals surface area contributed by atoms with Crippen LogP contribution in [0.1, 0.15) is 0 Å². The largest absolute Gasteiger partial charge is 0.444 e. The van der Waals surface area contributed by atoms with Gasteiger partial charge in [-0.3, -0.25) is 0 Å². The SMILES string of the molecule is CN(C)c1cccc(-c2cnco2)c1. The van der Waals surface area contributed by atoms with Gasteiger partial charge in [-0.15, -0.1) is 0 Å². The lowest BCUT2D eigenvalue weighted by Gasteiger charge is -2.12. The summed E-state index contributed by atoms with van der Waals surface area (Å²) in [6.07, 6.45) is 3.16. The highest BCUT2D eigenvalue weighted by Crippen LogP contribution is 2.22. The number of oxazole rings is 1. The molecule has 0 spiro atoms. The van der Waals surface area contributed by atoms with Gasteiger partial charge in [0.2, 0.25) is 0 Å². The standard InChI is InChI=1S/C11H12N2O/c1-13(2)10-5-3-4-9(6-10)11-7-12-8-14-11/h3-8H,1-2H3. The van der Waals surface area contributed by atoms with Gasteiger partial charge in [-0.05, 0) is 12.1 Å². The van der Waals surface area contributed by atoms with Gasteiger partial charge >= 0.3 is 0 Å². The van der Waals surface area contributed by atoms with E-state index < -0.39 is 0 Å². The third-order valence-corrected chi connectivity index (χ3v) is 2.08. The fourth-order valence-corrected chi connectivity index (χ4v) is 1.30. The molecule has 0 saturated heterocycles. The monoisotopic (exact) mass is 188 g/mol. The minimum absolute atomic E-state index is 0.800.